The summed E-state index contributed by atoms with van der Waals surface area (Å²) >= 11 is 0. The second kappa shape index (κ2) is 5.97. The number of methoxy groups -OCH3 is 3. The molecule has 0 aliphatic rings. The van der Waals surface area contributed by atoms with E-state index in [-0.39, 0.29) is 0 Å². The minimum atomic E-state index is -0.413. The average molecular weight is 236 g/mol. The van der Waals surface area contributed by atoms with Gasteiger partial charge < -0.3 is 19.5 Å². The van der Waals surface area contributed by atoms with Crippen molar-refractivity contribution in [2.24, 2.45) is 0 Å². The van der Waals surface area contributed by atoms with Gasteiger partial charge in [-0.25, -0.2) is 0 Å². The third kappa shape index (κ3) is 2.60. The lowest BCUT2D eigenvalue weighted by Crippen LogP contribution is -2.14. The molecular weight excluding hydrogens is 220 g/mol. The Kier molecular flexibility index (Phi) is 4.61. The summed E-state index contributed by atoms with van der Waals surface area (Å²) in [5, 5.41) is 11.9. The highest BCUT2D eigenvalue weighted by Crippen LogP contribution is 2.39. The SMILES string of the molecule is CNC(C#N)c1cc(OC)c(OC)c(OC)c1. The molecular formula is C12H16N2O3. The molecule has 0 saturated carbocycles. The van der Waals surface area contributed by atoms with Crippen LogP contribution in [0.15, 0.2) is 12.1 Å². The van der Waals surface area contributed by atoms with Gasteiger partial charge in [0.05, 0.1) is 27.4 Å². The van der Waals surface area contributed by atoms with Crippen molar-refractivity contribution in [1.29, 1.82) is 5.26 Å². The summed E-state index contributed by atoms with van der Waals surface area (Å²) in [5.41, 5.74) is 0.768. The summed E-state index contributed by atoms with van der Waals surface area (Å²) in [4.78, 5) is 0. The first-order valence-electron chi connectivity index (χ1n) is 5.08. The molecule has 0 bridgehead atoms. The number of nitriles is 1. The Morgan fingerprint density at radius 1 is 1.12 bits per heavy atom. The van der Waals surface area contributed by atoms with Crippen LogP contribution >= 0.6 is 0 Å². The molecule has 1 N–H and O–H groups in total. The largest absolute Gasteiger partial charge is 0.493 e. The summed E-state index contributed by atoms with van der Waals surface area (Å²) in [5.74, 6) is 1.60. The quantitative estimate of drug-likeness (QED) is 0.839. The topological polar surface area (TPSA) is 63.5 Å². The van der Waals surface area contributed by atoms with E-state index < -0.39 is 6.04 Å². The fourth-order valence-corrected chi connectivity index (χ4v) is 1.57. The van der Waals surface area contributed by atoms with E-state index in [0.29, 0.717) is 17.2 Å². The highest BCUT2D eigenvalue weighted by molar-refractivity contribution is 5.55. The third-order valence-corrected chi connectivity index (χ3v) is 2.44. The van der Waals surface area contributed by atoms with Gasteiger partial charge in [-0.2, -0.15) is 5.26 Å². The normalized spacial score (nSPS) is 11.5. The minimum absolute atomic E-state index is 0.413. The van der Waals surface area contributed by atoms with Gasteiger partial charge in [0, 0.05) is 0 Å². The van der Waals surface area contributed by atoms with Gasteiger partial charge in [0.2, 0.25) is 5.75 Å². The second-order valence-corrected chi connectivity index (χ2v) is 3.31. The number of nitrogens with one attached hydrogen (secondary N) is 1. The molecule has 0 aliphatic carbocycles. The zero-order valence-electron chi connectivity index (χ0n) is 10.4. The molecule has 0 saturated heterocycles. The number of rotatable bonds is 5. The van der Waals surface area contributed by atoms with Crippen molar-refractivity contribution < 1.29 is 14.2 Å². The van der Waals surface area contributed by atoms with Crippen LogP contribution in [0.25, 0.3) is 0 Å². The van der Waals surface area contributed by atoms with Crippen LogP contribution in [-0.2, 0) is 0 Å². The lowest BCUT2D eigenvalue weighted by molar-refractivity contribution is 0.323. The maximum atomic E-state index is 9.01. The van der Waals surface area contributed by atoms with Crippen LogP contribution < -0.4 is 19.5 Å². The van der Waals surface area contributed by atoms with E-state index in [1.54, 1.807) is 40.5 Å². The van der Waals surface area contributed by atoms with Gasteiger partial charge in [-0.15, -0.1) is 0 Å². The number of benzene rings is 1. The monoisotopic (exact) mass is 236 g/mol. The molecule has 0 radical (unpaired) electrons. The van der Waals surface area contributed by atoms with Crippen LogP contribution in [0.2, 0.25) is 0 Å². The van der Waals surface area contributed by atoms with Crippen molar-refractivity contribution in [3.63, 3.8) is 0 Å². The zero-order chi connectivity index (χ0) is 12.8. The first-order chi connectivity index (χ1) is 8.21. The Morgan fingerprint density at radius 3 is 1.94 bits per heavy atom. The van der Waals surface area contributed by atoms with E-state index in [2.05, 4.69) is 11.4 Å². The lowest BCUT2D eigenvalue weighted by atomic mass is 10.1. The lowest BCUT2D eigenvalue weighted by Gasteiger charge is -2.16. The van der Waals surface area contributed by atoms with E-state index in [0.717, 1.165) is 5.56 Å². The molecule has 0 aromatic heterocycles. The van der Waals surface area contributed by atoms with E-state index in [4.69, 9.17) is 19.5 Å². The summed E-state index contributed by atoms with van der Waals surface area (Å²) in [7, 11) is 6.35. The smallest absolute Gasteiger partial charge is 0.203 e. The molecule has 1 atom stereocenters. The molecule has 0 spiro atoms. The number of hydrogen-bond donors (Lipinski definition) is 1. The Labute approximate surface area is 101 Å². The Balaban J connectivity index is 3.32. The fraction of sp³-hybridized carbons (Fsp3) is 0.417. The third-order valence-electron chi connectivity index (χ3n) is 2.44. The highest BCUT2D eigenvalue weighted by atomic mass is 16.5. The van der Waals surface area contributed by atoms with Crippen LogP contribution in [0.4, 0.5) is 0 Å². The summed E-state index contributed by atoms with van der Waals surface area (Å²) in [6.45, 7) is 0. The number of hydrogen-bond acceptors (Lipinski definition) is 5. The maximum Gasteiger partial charge on any atom is 0.203 e. The first-order valence-corrected chi connectivity index (χ1v) is 5.08. The molecule has 0 aliphatic heterocycles. The molecule has 1 rings (SSSR count). The van der Waals surface area contributed by atoms with Crippen molar-refractivity contribution in [1.82, 2.24) is 5.32 Å². The first kappa shape index (κ1) is 13.1. The van der Waals surface area contributed by atoms with Crippen molar-refractivity contribution >= 4 is 0 Å². The van der Waals surface area contributed by atoms with E-state index in [1.807, 2.05) is 0 Å². The molecule has 0 fully saturated rings. The van der Waals surface area contributed by atoms with Gasteiger partial charge in [0.15, 0.2) is 11.5 Å². The van der Waals surface area contributed by atoms with E-state index in [1.165, 1.54) is 0 Å². The van der Waals surface area contributed by atoms with Gasteiger partial charge in [0.1, 0.15) is 6.04 Å². The Hall–Kier alpha value is -1.93. The summed E-state index contributed by atoms with van der Waals surface area (Å²) < 4.78 is 15.6. The molecule has 5 heteroatoms. The van der Waals surface area contributed by atoms with Gasteiger partial charge in [-0.1, -0.05) is 0 Å². The van der Waals surface area contributed by atoms with Gasteiger partial charge in [-0.3, -0.25) is 0 Å². The van der Waals surface area contributed by atoms with Crippen molar-refractivity contribution in [2.75, 3.05) is 28.4 Å². The van der Waals surface area contributed by atoms with Crippen LogP contribution in [0, 0.1) is 11.3 Å². The molecule has 1 aromatic carbocycles. The predicted octanol–water partition coefficient (Wildman–Crippen LogP) is 1.50. The molecule has 5 nitrogen and oxygen atoms in total. The van der Waals surface area contributed by atoms with E-state index >= 15 is 0 Å². The van der Waals surface area contributed by atoms with Crippen molar-refractivity contribution in [2.45, 2.75) is 6.04 Å². The van der Waals surface area contributed by atoms with Crippen LogP contribution in [0.1, 0.15) is 11.6 Å². The maximum absolute atomic E-state index is 9.01. The Morgan fingerprint density at radius 2 is 1.65 bits per heavy atom. The molecule has 1 unspecified atom stereocenters. The molecule has 0 amide bonds. The molecule has 92 valence electrons. The van der Waals surface area contributed by atoms with Crippen LogP contribution in [-0.4, -0.2) is 28.4 Å². The highest BCUT2D eigenvalue weighted by Gasteiger charge is 2.17. The number of nitrogens with zero attached hydrogens (tertiary/aromatic N) is 1. The molecule has 1 aromatic rings. The summed E-state index contributed by atoms with van der Waals surface area (Å²) in [6.07, 6.45) is 0. The van der Waals surface area contributed by atoms with Crippen LogP contribution in [0.5, 0.6) is 17.2 Å². The standard InChI is InChI=1S/C12H16N2O3/c1-14-9(7-13)8-5-10(15-2)12(17-4)11(6-8)16-3/h5-6,9,14H,1-4H3. The molecule has 17 heavy (non-hydrogen) atoms. The zero-order valence-corrected chi connectivity index (χ0v) is 10.4. The van der Waals surface area contributed by atoms with Gasteiger partial charge in [0.25, 0.3) is 0 Å². The second-order valence-electron chi connectivity index (χ2n) is 3.31. The Bertz CT molecular complexity index is 401. The van der Waals surface area contributed by atoms with Gasteiger partial charge >= 0.3 is 0 Å². The minimum Gasteiger partial charge on any atom is -0.493 e. The van der Waals surface area contributed by atoms with Crippen LogP contribution in [0.3, 0.4) is 0 Å². The average Bonchev–Trinajstić information content (AvgIpc) is 2.38. The summed E-state index contributed by atoms with van der Waals surface area (Å²) in [6, 6.07) is 5.24. The number of ether oxygens (including phenoxy) is 3. The van der Waals surface area contributed by atoms with Crippen molar-refractivity contribution in [3.05, 3.63) is 17.7 Å². The fourth-order valence-electron chi connectivity index (χ4n) is 1.57. The molecule has 0 heterocycles. The van der Waals surface area contributed by atoms with Gasteiger partial charge in [-0.05, 0) is 24.7 Å². The predicted molar refractivity (Wildman–Crippen MR) is 63.5 cm³/mol. The van der Waals surface area contributed by atoms with Crippen molar-refractivity contribution in [3.8, 4) is 23.3 Å². The van der Waals surface area contributed by atoms with E-state index in [9.17, 15) is 0 Å².